The lowest BCUT2D eigenvalue weighted by Gasteiger charge is -2.49. The molecule has 158 valence electrons. The van der Waals surface area contributed by atoms with E-state index < -0.39 is 11.4 Å². The van der Waals surface area contributed by atoms with Gasteiger partial charge in [-0.3, -0.25) is 15.0 Å². The molecule has 8 heteroatoms. The van der Waals surface area contributed by atoms with Crippen LogP contribution in [0, 0.1) is 5.41 Å². The van der Waals surface area contributed by atoms with Gasteiger partial charge in [0.05, 0.1) is 16.2 Å². The Morgan fingerprint density at radius 3 is 2.45 bits per heavy atom. The second kappa shape index (κ2) is 6.70. The Hall–Kier alpha value is -2.09. The molecule has 0 spiro atoms. The summed E-state index contributed by atoms with van der Waals surface area (Å²) in [7, 11) is 0. The first kappa shape index (κ1) is 20.8. The number of hydrogen-bond donors (Lipinski definition) is 2. The molecule has 1 saturated heterocycles. The fourth-order valence-corrected chi connectivity index (χ4v) is 6.56. The minimum Gasteiger partial charge on any atom is -0.302 e. The van der Waals surface area contributed by atoms with E-state index in [4.69, 9.17) is 17.0 Å². The number of rotatable bonds is 1. The van der Waals surface area contributed by atoms with E-state index in [1.807, 2.05) is 35.2 Å². The molecule has 1 atom stereocenters. The third-order valence-electron chi connectivity index (χ3n) is 6.32. The second-order valence-electron chi connectivity index (χ2n) is 8.91. The first-order chi connectivity index (χ1) is 14.5. The number of benzene rings is 2. The van der Waals surface area contributed by atoms with Gasteiger partial charge >= 0.3 is 0 Å². The lowest BCUT2D eigenvalue weighted by molar-refractivity contribution is -0.116. The van der Waals surface area contributed by atoms with Gasteiger partial charge in [0.25, 0.3) is 11.8 Å². The Morgan fingerprint density at radius 2 is 1.84 bits per heavy atom. The van der Waals surface area contributed by atoms with Crippen molar-refractivity contribution in [3.8, 4) is 0 Å². The van der Waals surface area contributed by atoms with Crippen LogP contribution in [0.2, 0.25) is 5.02 Å². The molecule has 2 aromatic rings. The number of amides is 2. The summed E-state index contributed by atoms with van der Waals surface area (Å²) in [6, 6.07) is 11.8. The second-order valence-corrected chi connectivity index (χ2v) is 11.3. The molecule has 3 aliphatic rings. The predicted molar refractivity (Wildman–Crippen MR) is 129 cm³/mol. The molecule has 0 aliphatic carbocycles. The fourth-order valence-electron chi connectivity index (χ4n) is 5.19. The topological polar surface area (TPSA) is 73.3 Å². The van der Waals surface area contributed by atoms with Crippen molar-refractivity contribution < 1.29 is 9.59 Å². The summed E-state index contributed by atoms with van der Waals surface area (Å²) in [5.74, 6) is -0.588. The maximum absolute atomic E-state index is 13.7. The van der Waals surface area contributed by atoms with Crippen LogP contribution in [0.25, 0.3) is 5.57 Å². The van der Waals surface area contributed by atoms with Gasteiger partial charge in [-0.2, -0.15) is 0 Å². The van der Waals surface area contributed by atoms with Gasteiger partial charge in [-0.05, 0) is 67.4 Å². The van der Waals surface area contributed by atoms with Gasteiger partial charge in [0, 0.05) is 26.0 Å². The molecule has 0 saturated carbocycles. The molecule has 5 rings (SSSR count). The van der Waals surface area contributed by atoms with Crippen molar-refractivity contribution in [2.24, 2.45) is 0 Å². The Labute approximate surface area is 197 Å². The standard InChI is InChI=1S/C23H19BrClN3O2S/c1-22(2)10-23(3,11-4-6-13(25)7-5-11)15-9-12(24)8-14-16(20(30)28(22)17(14)15)18-19(29)27-21(26)31-18/h4-9H,10H2,1-3H3,(H2,26,27,29). The summed E-state index contributed by atoms with van der Waals surface area (Å²) in [6.45, 7) is 6.32. The lowest BCUT2D eigenvalue weighted by Crippen LogP contribution is -2.54. The van der Waals surface area contributed by atoms with Crippen LogP contribution < -0.4 is 10.2 Å². The van der Waals surface area contributed by atoms with Crippen LogP contribution in [0.5, 0.6) is 0 Å². The minimum absolute atomic E-state index is 0.0376. The summed E-state index contributed by atoms with van der Waals surface area (Å²) < 4.78 is 0.840. The molecular weight excluding hydrogens is 498 g/mol. The highest BCUT2D eigenvalue weighted by molar-refractivity contribution is 9.10. The van der Waals surface area contributed by atoms with Crippen molar-refractivity contribution >= 4 is 67.5 Å². The van der Waals surface area contributed by atoms with Gasteiger partial charge in [0.1, 0.15) is 0 Å². The van der Waals surface area contributed by atoms with E-state index in [0.29, 0.717) is 17.0 Å². The molecule has 1 fully saturated rings. The van der Waals surface area contributed by atoms with Crippen LogP contribution >= 0.6 is 39.3 Å². The number of thioether (sulfide) groups is 1. The number of nitrogens with zero attached hydrogens (tertiary/aromatic N) is 1. The van der Waals surface area contributed by atoms with Crippen LogP contribution in [0.15, 0.2) is 45.8 Å². The first-order valence-electron chi connectivity index (χ1n) is 9.80. The van der Waals surface area contributed by atoms with Crippen LogP contribution in [-0.4, -0.2) is 22.5 Å². The zero-order chi connectivity index (χ0) is 22.3. The Bertz CT molecular complexity index is 1240. The van der Waals surface area contributed by atoms with Crippen molar-refractivity contribution in [1.29, 1.82) is 5.41 Å². The highest BCUT2D eigenvalue weighted by Crippen LogP contribution is 2.57. The number of carbonyl (C=O) groups is 2. The van der Waals surface area contributed by atoms with E-state index in [2.05, 4.69) is 48.1 Å². The molecule has 2 amide bonds. The predicted octanol–water partition coefficient (Wildman–Crippen LogP) is 5.45. The average Bonchev–Trinajstić information content (AvgIpc) is 3.15. The number of amidine groups is 1. The van der Waals surface area contributed by atoms with Crippen molar-refractivity contribution in [2.45, 2.75) is 38.1 Å². The molecule has 0 radical (unpaired) electrons. The van der Waals surface area contributed by atoms with Crippen LogP contribution in [0.4, 0.5) is 5.69 Å². The molecule has 0 aromatic heterocycles. The van der Waals surface area contributed by atoms with Gasteiger partial charge < -0.3 is 10.2 Å². The zero-order valence-corrected chi connectivity index (χ0v) is 20.3. The largest absolute Gasteiger partial charge is 0.302 e. The monoisotopic (exact) mass is 515 g/mol. The summed E-state index contributed by atoms with van der Waals surface area (Å²) in [6.07, 6.45) is 0.702. The molecular formula is C23H19BrClN3O2S. The fraction of sp³-hybridized carbons (Fsp3) is 0.261. The van der Waals surface area contributed by atoms with Crippen molar-refractivity contribution in [2.75, 3.05) is 4.90 Å². The summed E-state index contributed by atoms with van der Waals surface area (Å²) in [5, 5.41) is 11.0. The van der Waals surface area contributed by atoms with E-state index in [-0.39, 0.29) is 21.4 Å². The summed E-state index contributed by atoms with van der Waals surface area (Å²) in [5.41, 5.74) is 3.24. The highest BCUT2D eigenvalue weighted by atomic mass is 79.9. The van der Waals surface area contributed by atoms with Crippen molar-refractivity contribution in [1.82, 2.24) is 5.32 Å². The van der Waals surface area contributed by atoms with Gasteiger partial charge in [0.2, 0.25) is 0 Å². The summed E-state index contributed by atoms with van der Waals surface area (Å²) >= 11 is 10.8. The van der Waals surface area contributed by atoms with Crippen LogP contribution in [0.1, 0.15) is 43.9 Å². The van der Waals surface area contributed by atoms with Crippen LogP contribution in [0.3, 0.4) is 0 Å². The number of carbonyl (C=O) groups excluding carboxylic acids is 2. The van der Waals surface area contributed by atoms with Gasteiger partial charge in [-0.25, -0.2) is 0 Å². The normalized spacial score (nSPS) is 26.4. The molecule has 2 N–H and O–H groups in total. The van der Waals surface area contributed by atoms with E-state index >= 15 is 0 Å². The Balaban J connectivity index is 1.84. The first-order valence-corrected chi connectivity index (χ1v) is 11.8. The molecule has 0 bridgehead atoms. The SMILES string of the molecule is CC1(c2ccc(Cl)cc2)CC(C)(C)N2C(=O)C(=C3SC(=N)NC3=O)c3cc(Br)cc1c32. The highest BCUT2D eigenvalue weighted by Gasteiger charge is 2.54. The van der Waals surface area contributed by atoms with Crippen molar-refractivity contribution in [3.63, 3.8) is 0 Å². The minimum atomic E-state index is -0.489. The smallest absolute Gasteiger partial charge is 0.264 e. The number of anilines is 1. The van der Waals surface area contributed by atoms with E-state index in [0.717, 1.165) is 38.6 Å². The molecule has 5 nitrogen and oxygen atoms in total. The van der Waals surface area contributed by atoms with Gasteiger partial charge in [0.15, 0.2) is 5.17 Å². The molecule has 2 aromatic carbocycles. The quantitative estimate of drug-likeness (QED) is 0.495. The molecule has 1 unspecified atom stereocenters. The third kappa shape index (κ3) is 2.93. The molecule has 3 aliphatic heterocycles. The van der Waals surface area contributed by atoms with E-state index in [9.17, 15) is 9.59 Å². The van der Waals surface area contributed by atoms with Crippen LogP contribution in [-0.2, 0) is 15.0 Å². The Kier molecular flexibility index (Phi) is 4.50. The zero-order valence-electron chi connectivity index (χ0n) is 17.1. The molecule has 3 heterocycles. The van der Waals surface area contributed by atoms with Gasteiger partial charge in [-0.15, -0.1) is 0 Å². The number of nitrogens with one attached hydrogen (secondary N) is 2. The third-order valence-corrected chi connectivity index (χ3v) is 7.93. The lowest BCUT2D eigenvalue weighted by atomic mass is 9.65. The number of halogens is 2. The molecule has 31 heavy (non-hydrogen) atoms. The van der Waals surface area contributed by atoms with Crippen molar-refractivity contribution in [3.05, 3.63) is 67.5 Å². The average molecular weight is 517 g/mol. The Morgan fingerprint density at radius 1 is 1.16 bits per heavy atom. The van der Waals surface area contributed by atoms with E-state index in [1.54, 1.807) is 0 Å². The van der Waals surface area contributed by atoms with E-state index in [1.165, 1.54) is 0 Å². The maximum Gasteiger partial charge on any atom is 0.264 e. The maximum atomic E-state index is 13.7. The number of hydrogen-bond acceptors (Lipinski definition) is 4. The van der Waals surface area contributed by atoms with Gasteiger partial charge in [-0.1, -0.05) is 46.6 Å². The summed E-state index contributed by atoms with van der Waals surface area (Å²) in [4.78, 5) is 28.4.